The molecular formula is C11H15F3N4O2. The van der Waals surface area contributed by atoms with Crippen LogP contribution in [0.4, 0.5) is 13.2 Å². The summed E-state index contributed by atoms with van der Waals surface area (Å²) >= 11 is 0. The van der Waals surface area contributed by atoms with Crippen molar-refractivity contribution >= 4 is 5.91 Å². The van der Waals surface area contributed by atoms with E-state index in [-0.39, 0.29) is 25.5 Å². The first-order chi connectivity index (χ1) is 9.36. The summed E-state index contributed by atoms with van der Waals surface area (Å²) in [6, 6.07) is 0. The van der Waals surface area contributed by atoms with Gasteiger partial charge in [-0.3, -0.25) is 9.89 Å². The van der Waals surface area contributed by atoms with Gasteiger partial charge in [0.1, 0.15) is 5.82 Å². The van der Waals surface area contributed by atoms with Crippen molar-refractivity contribution < 1.29 is 22.7 Å². The number of hydrogen-bond donors (Lipinski definition) is 1. The van der Waals surface area contributed by atoms with Crippen LogP contribution in [0.1, 0.15) is 18.1 Å². The Labute approximate surface area is 113 Å². The molecule has 1 N–H and O–H groups in total. The number of hydrogen-bond acceptors (Lipinski definition) is 4. The predicted molar refractivity (Wildman–Crippen MR) is 61.8 cm³/mol. The van der Waals surface area contributed by atoms with Crippen LogP contribution in [0.15, 0.2) is 0 Å². The summed E-state index contributed by atoms with van der Waals surface area (Å²) in [6.45, 7) is 1.36. The standard InChI is InChI=1S/C11H15F3N4O2/c1-7-15-9(17-16-7)2-3-10(19)18-4-5-20-8(6-18)11(12,13)14/h8H,2-6H2,1H3,(H,15,16,17)/t8-/m0/s1. The number of halogens is 3. The fourth-order valence-electron chi connectivity index (χ4n) is 1.95. The fraction of sp³-hybridized carbons (Fsp3) is 0.727. The van der Waals surface area contributed by atoms with E-state index in [9.17, 15) is 18.0 Å². The maximum Gasteiger partial charge on any atom is 0.416 e. The Balaban J connectivity index is 1.86. The Hall–Kier alpha value is -1.64. The first kappa shape index (κ1) is 14.8. The molecule has 0 spiro atoms. The summed E-state index contributed by atoms with van der Waals surface area (Å²) in [6.07, 6.45) is -5.95. The van der Waals surface area contributed by atoms with Crippen LogP contribution >= 0.6 is 0 Å². The second kappa shape index (κ2) is 5.78. The number of morpholine rings is 1. The maximum atomic E-state index is 12.5. The molecule has 0 unspecified atom stereocenters. The molecule has 0 aromatic carbocycles. The number of alkyl halides is 3. The molecule has 1 aliphatic heterocycles. The van der Waals surface area contributed by atoms with Gasteiger partial charge in [-0.2, -0.15) is 18.3 Å². The summed E-state index contributed by atoms with van der Waals surface area (Å²) in [5.41, 5.74) is 0. The summed E-state index contributed by atoms with van der Waals surface area (Å²) in [7, 11) is 0. The van der Waals surface area contributed by atoms with E-state index in [1.54, 1.807) is 6.92 Å². The monoisotopic (exact) mass is 292 g/mol. The molecule has 20 heavy (non-hydrogen) atoms. The molecule has 112 valence electrons. The van der Waals surface area contributed by atoms with Gasteiger partial charge in [-0.1, -0.05) is 0 Å². The lowest BCUT2D eigenvalue weighted by molar-refractivity contribution is -0.236. The van der Waals surface area contributed by atoms with E-state index in [4.69, 9.17) is 0 Å². The molecule has 1 atom stereocenters. The lowest BCUT2D eigenvalue weighted by Gasteiger charge is -2.33. The number of nitrogens with zero attached hydrogens (tertiary/aromatic N) is 3. The highest BCUT2D eigenvalue weighted by atomic mass is 19.4. The topological polar surface area (TPSA) is 71.1 Å². The zero-order valence-corrected chi connectivity index (χ0v) is 10.9. The van der Waals surface area contributed by atoms with Gasteiger partial charge >= 0.3 is 6.18 Å². The van der Waals surface area contributed by atoms with Crippen molar-refractivity contribution in [3.63, 3.8) is 0 Å². The average Bonchev–Trinajstić information content (AvgIpc) is 2.81. The number of carbonyl (C=O) groups excluding carboxylic acids is 1. The number of carbonyl (C=O) groups is 1. The number of H-pyrrole nitrogens is 1. The minimum Gasteiger partial charge on any atom is -0.365 e. The Bertz CT molecular complexity index is 474. The van der Waals surface area contributed by atoms with Gasteiger partial charge in [0.2, 0.25) is 5.91 Å². The summed E-state index contributed by atoms with van der Waals surface area (Å²) < 4.78 is 42.3. The van der Waals surface area contributed by atoms with Gasteiger partial charge in [0.15, 0.2) is 11.9 Å². The van der Waals surface area contributed by atoms with E-state index in [1.165, 1.54) is 4.90 Å². The first-order valence-electron chi connectivity index (χ1n) is 6.20. The van der Waals surface area contributed by atoms with E-state index in [2.05, 4.69) is 19.9 Å². The van der Waals surface area contributed by atoms with E-state index in [0.717, 1.165) is 0 Å². The molecule has 0 saturated carbocycles. The van der Waals surface area contributed by atoms with E-state index in [0.29, 0.717) is 18.1 Å². The number of aromatic nitrogens is 3. The molecule has 1 amide bonds. The third kappa shape index (κ3) is 3.69. The van der Waals surface area contributed by atoms with Crippen molar-refractivity contribution in [3.05, 3.63) is 11.6 Å². The van der Waals surface area contributed by atoms with E-state index >= 15 is 0 Å². The molecule has 1 aliphatic rings. The third-order valence-electron chi connectivity index (χ3n) is 2.99. The zero-order valence-electron chi connectivity index (χ0n) is 10.9. The normalized spacial score (nSPS) is 20.2. The number of amides is 1. The number of nitrogens with one attached hydrogen (secondary N) is 1. The van der Waals surface area contributed by atoms with Crippen LogP contribution in [-0.4, -0.2) is 58.0 Å². The van der Waals surface area contributed by atoms with Gasteiger partial charge in [0, 0.05) is 19.4 Å². The lowest BCUT2D eigenvalue weighted by atomic mass is 10.2. The number of aryl methyl sites for hydroxylation is 2. The molecule has 1 aromatic rings. The van der Waals surface area contributed by atoms with Gasteiger partial charge < -0.3 is 9.64 Å². The second-order valence-corrected chi connectivity index (χ2v) is 4.58. The Morgan fingerprint density at radius 3 is 2.90 bits per heavy atom. The summed E-state index contributed by atoms with van der Waals surface area (Å²) in [5.74, 6) is 0.775. The molecule has 9 heteroatoms. The lowest BCUT2D eigenvalue weighted by Crippen LogP contribution is -2.51. The number of aromatic amines is 1. The largest absolute Gasteiger partial charge is 0.416 e. The highest BCUT2D eigenvalue weighted by molar-refractivity contribution is 5.76. The maximum absolute atomic E-state index is 12.5. The molecule has 2 heterocycles. The van der Waals surface area contributed by atoms with Crippen LogP contribution in [0.5, 0.6) is 0 Å². The summed E-state index contributed by atoms with van der Waals surface area (Å²) in [4.78, 5) is 17.1. The smallest absolute Gasteiger partial charge is 0.365 e. The van der Waals surface area contributed by atoms with Crippen molar-refractivity contribution in [1.29, 1.82) is 0 Å². The van der Waals surface area contributed by atoms with Gasteiger partial charge in [-0.25, -0.2) is 4.98 Å². The molecular weight excluding hydrogens is 277 g/mol. The molecule has 0 radical (unpaired) electrons. The Kier molecular flexibility index (Phi) is 4.26. The quantitative estimate of drug-likeness (QED) is 0.896. The molecule has 1 aromatic heterocycles. The molecule has 1 saturated heterocycles. The number of ether oxygens (including phenoxy) is 1. The van der Waals surface area contributed by atoms with Crippen LogP contribution in [0.25, 0.3) is 0 Å². The van der Waals surface area contributed by atoms with Gasteiger partial charge in [0.05, 0.1) is 13.2 Å². The zero-order chi connectivity index (χ0) is 14.8. The first-order valence-corrected chi connectivity index (χ1v) is 6.20. The van der Waals surface area contributed by atoms with E-state index in [1.807, 2.05) is 0 Å². The molecule has 1 fully saturated rings. The van der Waals surface area contributed by atoms with Crippen molar-refractivity contribution in [1.82, 2.24) is 20.1 Å². The highest BCUT2D eigenvalue weighted by Crippen LogP contribution is 2.25. The fourth-order valence-corrected chi connectivity index (χ4v) is 1.95. The SMILES string of the molecule is Cc1nc(CCC(=O)N2CCO[C@H](C(F)(F)F)C2)n[nH]1. The third-order valence-corrected chi connectivity index (χ3v) is 2.99. The molecule has 6 nitrogen and oxygen atoms in total. The molecule has 0 aliphatic carbocycles. The predicted octanol–water partition coefficient (Wildman–Crippen LogP) is 0.835. The Morgan fingerprint density at radius 1 is 1.55 bits per heavy atom. The van der Waals surface area contributed by atoms with Crippen LogP contribution in [0.2, 0.25) is 0 Å². The highest BCUT2D eigenvalue weighted by Gasteiger charge is 2.44. The number of rotatable bonds is 3. The van der Waals surface area contributed by atoms with E-state index < -0.39 is 18.8 Å². The van der Waals surface area contributed by atoms with Gasteiger partial charge in [-0.05, 0) is 6.92 Å². The minimum absolute atomic E-state index is 0.0852. The van der Waals surface area contributed by atoms with Crippen molar-refractivity contribution in [2.75, 3.05) is 19.7 Å². The van der Waals surface area contributed by atoms with Gasteiger partial charge in [-0.15, -0.1) is 0 Å². The minimum atomic E-state index is -4.44. The van der Waals surface area contributed by atoms with Crippen LogP contribution in [0, 0.1) is 6.92 Å². The Morgan fingerprint density at radius 2 is 2.30 bits per heavy atom. The van der Waals surface area contributed by atoms with Crippen LogP contribution in [0.3, 0.4) is 0 Å². The van der Waals surface area contributed by atoms with Crippen molar-refractivity contribution in [2.24, 2.45) is 0 Å². The van der Waals surface area contributed by atoms with Crippen LogP contribution in [-0.2, 0) is 16.0 Å². The summed E-state index contributed by atoms with van der Waals surface area (Å²) in [5, 5.41) is 6.52. The second-order valence-electron chi connectivity index (χ2n) is 4.58. The average molecular weight is 292 g/mol. The van der Waals surface area contributed by atoms with Crippen molar-refractivity contribution in [2.45, 2.75) is 32.0 Å². The van der Waals surface area contributed by atoms with Crippen LogP contribution < -0.4 is 0 Å². The molecule has 0 bridgehead atoms. The van der Waals surface area contributed by atoms with Gasteiger partial charge in [0.25, 0.3) is 0 Å². The van der Waals surface area contributed by atoms with Crippen molar-refractivity contribution in [3.8, 4) is 0 Å². The molecule has 2 rings (SSSR count).